The first-order chi connectivity index (χ1) is 12.8. The van der Waals surface area contributed by atoms with Crippen molar-refractivity contribution in [1.82, 2.24) is 30.1 Å². The van der Waals surface area contributed by atoms with Crippen molar-refractivity contribution in [3.63, 3.8) is 0 Å². The average Bonchev–Trinajstić information content (AvgIpc) is 3.33. The Morgan fingerprint density at radius 1 is 1.27 bits per heavy atom. The molecule has 1 saturated heterocycles. The summed E-state index contributed by atoms with van der Waals surface area (Å²) < 4.78 is 2.42. The smallest absolute Gasteiger partial charge is 0.221 e. The molecule has 6 heteroatoms. The minimum Gasteiger partial charge on any atom is -0.308 e. The molecule has 0 spiro atoms. The van der Waals surface area contributed by atoms with Gasteiger partial charge < -0.3 is 4.57 Å². The minimum absolute atomic E-state index is 0.160. The molecule has 1 fully saturated rings. The van der Waals surface area contributed by atoms with Crippen LogP contribution in [0, 0.1) is 5.41 Å². The van der Waals surface area contributed by atoms with E-state index in [1.165, 1.54) is 48.1 Å². The van der Waals surface area contributed by atoms with E-state index >= 15 is 0 Å². The Hall–Kier alpha value is -2.47. The Balaban J connectivity index is 1.75. The Morgan fingerprint density at radius 3 is 3.04 bits per heavy atom. The largest absolute Gasteiger partial charge is 0.308 e. The molecular weight excluding hydrogens is 324 g/mol. The fourth-order valence-electron chi connectivity index (χ4n) is 5.71. The Morgan fingerprint density at radius 2 is 2.19 bits per heavy atom. The summed E-state index contributed by atoms with van der Waals surface area (Å²) in [6.07, 6.45) is 7.21. The molecule has 0 bridgehead atoms. The number of tetrazole rings is 1. The summed E-state index contributed by atoms with van der Waals surface area (Å²) in [5, 5.41) is 16.6. The molecule has 6 nitrogen and oxygen atoms in total. The Labute approximate surface area is 151 Å². The molecule has 1 aromatic carbocycles. The van der Waals surface area contributed by atoms with Gasteiger partial charge in [-0.1, -0.05) is 25.1 Å². The number of aromatic amines is 1. The van der Waals surface area contributed by atoms with E-state index in [0.717, 1.165) is 18.5 Å². The maximum atomic E-state index is 4.34. The normalized spacial score (nSPS) is 27.4. The van der Waals surface area contributed by atoms with Gasteiger partial charge in [0, 0.05) is 23.0 Å². The van der Waals surface area contributed by atoms with Gasteiger partial charge in [0.05, 0.1) is 17.3 Å². The van der Waals surface area contributed by atoms with Gasteiger partial charge in [0.25, 0.3) is 0 Å². The van der Waals surface area contributed by atoms with Crippen molar-refractivity contribution >= 4 is 16.6 Å². The van der Waals surface area contributed by atoms with E-state index in [4.69, 9.17) is 0 Å². The highest BCUT2D eigenvalue weighted by atomic mass is 15.5. The number of rotatable bonds is 2. The van der Waals surface area contributed by atoms with Crippen LogP contribution in [0.4, 0.5) is 0 Å². The van der Waals surface area contributed by atoms with Crippen molar-refractivity contribution in [2.75, 3.05) is 13.1 Å². The first-order valence-corrected chi connectivity index (χ1v) is 9.66. The summed E-state index contributed by atoms with van der Waals surface area (Å²) >= 11 is 0. The van der Waals surface area contributed by atoms with Crippen molar-refractivity contribution in [1.29, 1.82) is 0 Å². The molecule has 2 atom stereocenters. The van der Waals surface area contributed by atoms with E-state index in [1.54, 1.807) is 0 Å². The number of benzene rings is 1. The maximum Gasteiger partial charge on any atom is 0.221 e. The third-order valence-corrected chi connectivity index (χ3v) is 6.82. The van der Waals surface area contributed by atoms with Gasteiger partial charge in [-0.2, -0.15) is 5.21 Å². The molecule has 3 aliphatic rings. The number of H-pyrrole nitrogens is 1. The first-order valence-electron chi connectivity index (χ1n) is 9.66. The molecule has 5 heterocycles. The molecule has 0 radical (unpaired) electrons. The molecule has 132 valence electrons. The number of hydrogen-bond acceptors (Lipinski definition) is 4. The van der Waals surface area contributed by atoms with Crippen LogP contribution >= 0.6 is 0 Å². The minimum atomic E-state index is 0.160. The van der Waals surface area contributed by atoms with Crippen LogP contribution in [-0.4, -0.2) is 43.2 Å². The second-order valence-corrected chi connectivity index (χ2v) is 7.86. The number of nitrogens with one attached hydrogen (secondary N) is 1. The summed E-state index contributed by atoms with van der Waals surface area (Å²) in [6.45, 7) is 4.71. The maximum absolute atomic E-state index is 4.34. The van der Waals surface area contributed by atoms with Gasteiger partial charge in [-0.25, -0.2) is 0 Å². The second-order valence-electron chi connectivity index (χ2n) is 7.86. The highest BCUT2D eigenvalue weighted by Gasteiger charge is 2.50. The van der Waals surface area contributed by atoms with E-state index in [-0.39, 0.29) is 5.41 Å². The SMILES string of the molecule is CC[C@@]12C=C(c3nn[nH]n3)n3c4c(c5ccccc53)CCN(CCC1)[C@H]42. The number of nitrogens with zero attached hydrogens (tertiary/aromatic N) is 5. The van der Waals surface area contributed by atoms with Crippen LogP contribution in [-0.2, 0) is 6.42 Å². The van der Waals surface area contributed by atoms with Crippen LogP contribution < -0.4 is 0 Å². The summed E-state index contributed by atoms with van der Waals surface area (Å²) in [7, 11) is 0. The number of para-hydroxylation sites is 1. The number of piperidine rings is 1. The lowest BCUT2D eigenvalue weighted by Crippen LogP contribution is -2.50. The van der Waals surface area contributed by atoms with Crippen molar-refractivity contribution in [3.05, 3.63) is 47.4 Å². The fourth-order valence-corrected chi connectivity index (χ4v) is 5.71. The molecule has 2 aromatic heterocycles. The highest BCUT2D eigenvalue weighted by Crippen LogP contribution is 2.57. The highest BCUT2D eigenvalue weighted by molar-refractivity contribution is 5.91. The Kier molecular flexibility index (Phi) is 2.84. The van der Waals surface area contributed by atoms with E-state index in [2.05, 4.69) is 67.4 Å². The number of aromatic nitrogens is 5. The Bertz CT molecular complexity index is 1030. The van der Waals surface area contributed by atoms with E-state index in [9.17, 15) is 0 Å². The quantitative estimate of drug-likeness (QED) is 0.774. The molecule has 1 N–H and O–H groups in total. The second kappa shape index (κ2) is 5.04. The molecule has 0 amide bonds. The monoisotopic (exact) mass is 346 g/mol. The molecule has 0 aliphatic carbocycles. The zero-order valence-electron chi connectivity index (χ0n) is 14.9. The molecule has 0 saturated carbocycles. The van der Waals surface area contributed by atoms with E-state index in [1.807, 2.05) is 0 Å². The first kappa shape index (κ1) is 14.7. The third-order valence-electron chi connectivity index (χ3n) is 6.82. The standard InChI is InChI=1S/C20H22N6/c1-2-20-9-5-10-25-11-8-14-13-6-3-4-7-15(13)26(17(14)18(20)25)16(12-20)19-21-23-24-22-19/h3-4,6-7,12,18H,2,5,8-11H2,1H3,(H,21,22,23,24)/t18-,20+/m1/s1. The van der Waals surface area contributed by atoms with Crippen LogP contribution in [0.25, 0.3) is 16.6 Å². The van der Waals surface area contributed by atoms with Crippen LogP contribution in [0.5, 0.6) is 0 Å². The van der Waals surface area contributed by atoms with Gasteiger partial charge in [-0.05, 0) is 55.1 Å². The third kappa shape index (κ3) is 1.68. The van der Waals surface area contributed by atoms with Crippen molar-refractivity contribution in [2.24, 2.45) is 5.41 Å². The van der Waals surface area contributed by atoms with Crippen LogP contribution in [0.15, 0.2) is 30.3 Å². The molecule has 6 rings (SSSR count). The van der Waals surface area contributed by atoms with Crippen LogP contribution in [0.2, 0.25) is 0 Å². The summed E-state index contributed by atoms with van der Waals surface area (Å²) in [5.74, 6) is 0.697. The van der Waals surface area contributed by atoms with Crippen molar-refractivity contribution < 1.29 is 0 Å². The van der Waals surface area contributed by atoms with E-state index < -0.39 is 0 Å². The molecule has 26 heavy (non-hydrogen) atoms. The van der Waals surface area contributed by atoms with Crippen LogP contribution in [0.1, 0.15) is 49.3 Å². The lowest BCUT2D eigenvalue weighted by atomic mass is 9.66. The number of fused-ring (bicyclic) bond motifs is 3. The van der Waals surface area contributed by atoms with Crippen molar-refractivity contribution in [2.45, 2.75) is 38.6 Å². The van der Waals surface area contributed by atoms with Crippen LogP contribution in [0.3, 0.4) is 0 Å². The van der Waals surface area contributed by atoms with Gasteiger partial charge >= 0.3 is 0 Å². The predicted octanol–water partition coefficient (Wildman–Crippen LogP) is 3.15. The van der Waals surface area contributed by atoms with E-state index in [0.29, 0.717) is 11.9 Å². The van der Waals surface area contributed by atoms with Gasteiger partial charge in [-0.3, -0.25) is 4.90 Å². The molecule has 3 aliphatic heterocycles. The average molecular weight is 346 g/mol. The van der Waals surface area contributed by atoms with Gasteiger partial charge in [-0.15, -0.1) is 10.2 Å². The molecule has 0 unspecified atom stereocenters. The predicted molar refractivity (Wildman–Crippen MR) is 99.5 cm³/mol. The summed E-state index contributed by atoms with van der Waals surface area (Å²) in [6, 6.07) is 9.26. The van der Waals surface area contributed by atoms with Gasteiger partial charge in [0.15, 0.2) is 0 Å². The summed E-state index contributed by atoms with van der Waals surface area (Å²) in [5.41, 5.74) is 5.52. The van der Waals surface area contributed by atoms with Gasteiger partial charge in [0.2, 0.25) is 5.82 Å². The lowest BCUT2D eigenvalue weighted by molar-refractivity contribution is 0.0271. The zero-order chi connectivity index (χ0) is 17.3. The zero-order valence-corrected chi connectivity index (χ0v) is 14.9. The fraction of sp³-hybridized carbons (Fsp3) is 0.450. The van der Waals surface area contributed by atoms with Gasteiger partial charge in [0.1, 0.15) is 0 Å². The number of hydrogen-bond donors (Lipinski definition) is 1. The molecular formula is C20H22N6. The molecule has 3 aromatic rings. The topological polar surface area (TPSA) is 62.6 Å². The lowest BCUT2D eigenvalue weighted by Gasteiger charge is -2.53. The van der Waals surface area contributed by atoms with Crippen molar-refractivity contribution in [3.8, 4) is 0 Å². The summed E-state index contributed by atoms with van der Waals surface area (Å²) in [4.78, 5) is 2.72.